The molecule has 1 aromatic heterocycles. The molecule has 11 aromatic carbocycles. The first kappa shape index (κ1) is 40.3. The van der Waals surface area contributed by atoms with Gasteiger partial charge in [-0.05, 0) is 133 Å². The van der Waals surface area contributed by atoms with Crippen LogP contribution in [0, 0.1) is 0 Å². The molecule has 0 fully saturated rings. The van der Waals surface area contributed by atoms with Crippen LogP contribution >= 0.6 is 0 Å². The lowest BCUT2D eigenvalue weighted by atomic mass is 9.68. The molecule has 0 atom stereocenters. The van der Waals surface area contributed by atoms with E-state index in [2.05, 4.69) is 289 Å². The summed E-state index contributed by atoms with van der Waals surface area (Å²) < 4.78 is 2.47. The Morgan fingerprint density at radius 3 is 1.42 bits per heavy atom. The van der Waals surface area contributed by atoms with Crippen molar-refractivity contribution in [1.29, 1.82) is 0 Å². The molecule has 1 aliphatic carbocycles. The van der Waals surface area contributed by atoms with Crippen molar-refractivity contribution < 1.29 is 0 Å². The minimum atomic E-state index is -0.442. The minimum absolute atomic E-state index is 0.442. The molecule has 1 aliphatic rings. The van der Waals surface area contributed by atoms with Crippen LogP contribution in [0.3, 0.4) is 0 Å². The third-order valence-corrected chi connectivity index (χ3v) is 14.3. The van der Waals surface area contributed by atoms with E-state index in [0.29, 0.717) is 0 Å². The summed E-state index contributed by atoms with van der Waals surface area (Å²) in [5, 5.41) is 2.48. The van der Waals surface area contributed by atoms with E-state index < -0.39 is 5.41 Å². The number of para-hydroxylation sites is 2. The number of anilines is 3. The van der Waals surface area contributed by atoms with Crippen LogP contribution in [0.5, 0.6) is 0 Å². The fourth-order valence-corrected chi connectivity index (χ4v) is 11.1. The molecule has 0 saturated carbocycles. The minimum Gasteiger partial charge on any atom is -0.311 e. The molecule has 0 saturated heterocycles. The molecular formula is C67H46N2. The molecule has 13 rings (SSSR count). The predicted octanol–water partition coefficient (Wildman–Crippen LogP) is 17.6. The summed E-state index contributed by atoms with van der Waals surface area (Å²) in [6, 6.07) is 102. The van der Waals surface area contributed by atoms with Crippen LogP contribution in [-0.2, 0) is 5.41 Å². The Bertz CT molecular complexity index is 3760. The first-order chi connectivity index (χ1) is 34.2. The molecule has 0 bridgehead atoms. The molecule has 69 heavy (non-hydrogen) atoms. The van der Waals surface area contributed by atoms with Gasteiger partial charge in [0.05, 0.1) is 16.4 Å². The van der Waals surface area contributed by atoms with E-state index in [1.807, 2.05) is 0 Å². The lowest BCUT2D eigenvalue weighted by Gasteiger charge is -2.33. The van der Waals surface area contributed by atoms with Crippen molar-refractivity contribution in [2.24, 2.45) is 0 Å². The number of fused-ring (bicyclic) bond motifs is 6. The summed E-state index contributed by atoms with van der Waals surface area (Å²) in [5.41, 5.74) is 21.2. The van der Waals surface area contributed by atoms with Gasteiger partial charge in [-0.25, -0.2) is 0 Å². The largest absolute Gasteiger partial charge is 0.311 e. The zero-order chi connectivity index (χ0) is 45.7. The number of rotatable bonds is 9. The van der Waals surface area contributed by atoms with E-state index in [1.165, 1.54) is 88.6 Å². The Morgan fingerprint density at radius 1 is 0.275 bits per heavy atom. The van der Waals surface area contributed by atoms with E-state index in [4.69, 9.17) is 0 Å². The molecule has 0 spiro atoms. The standard InChI is InChI=1S/C67H46N2/c1-5-18-47(19-6-1)48-32-37-56(38-33-48)68(55-26-11-4-12-27-55)57-39-34-49(35-40-57)50-20-17-21-51(44-50)52-36-42-61-60-29-14-16-31-65(60)69(66(61)45-52)58-41-43-64-62(46-58)59-28-13-15-30-63(59)67(64,53-22-7-2-8-23-53)54-24-9-3-10-25-54/h1-46H. The third kappa shape index (κ3) is 6.72. The second-order valence-corrected chi connectivity index (χ2v) is 18.1. The Morgan fingerprint density at radius 2 is 0.739 bits per heavy atom. The maximum Gasteiger partial charge on any atom is 0.0713 e. The van der Waals surface area contributed by atoms with E-state index >= 15 is 0 Å². The van der Waals surface area contributed by atoms with Crippen molar-refractivity contribution in [2.45, 2.75) is 5.41 Å². The third-order valence-electron chi connectivity index (χ3n) is 14.3. The van der Waals surface area contributed by atoms with Crippen molar-refractivity contribution in [3.8, 4) is 50.2 Å². The van der Waals surface area contributed by atoms with E-state index in [-0.39, 0.29) is 0 Å². The number of hydrogen-bond donors (Lipinski definition) is 0. The van der Waals surface area contributed by atoms with Gasteiger partial charge in [0.1, 0.15) is 0 Å². The number of nitrogens with zero attached hydrogens (tertiary/aromatic N) is 2. The summed E-state index contributed by atoms with van der Waals surface area (Å²) in [7, 11) is 0. The van der Waals surface area contributed by atoms with Crippen LogP contribution in [-0.4, -0.2) is 4.57 Å². The molecule has 1 heterocycles. The zero-order valence-electron chi connectivity index (χ0n) is 38.0. The normalized spacial score (nSPS) is 12.5. The van der Waals surface area contributed by atoms with Gasteiger partial charge in [-0.15, -0.1) is 0 Å². The predicted molar refractivity (Wildman–Crippen MR) is 289 cm³/mol. The Hall–Kier alpha value is -8.98. The highest BCUT2D eigenvalue weighted by Gasteiger charge is 2.46. The number of aromatic nitrogens is 1. The van der Waals surface area contributed by atoms with Crippen LogP contribution in [0.2, 0.25) is 0 Å². The van der Waals surface area contributed by atoms with Crippen molar-refractivity contribution in [1.82, 2.24) is 4.57 Å². The Labute approximate surface area is 403 Å². The van der Waals surface area contributed by atoms with Gasteiger partial charge < -0.3 is 9.47 Å². The SMILES string of the molecule is c1ccc(-c2ccc(N(c3ccccc3)c3ccc(-c4cccc(-c5ccc6c7ccccc7n(-c7ccc8c(c7)-c7ccccc7C8(c7ccccc7)c7ccccc7)c6c5)c4)cc3)cc2)cc1. The van der Waals surface area contributed by atoms with Gasteiger partial charge >= 0.3 is 0 Å². The number of hydrogen-bond acceptors (Lipinski definition) is 1. The molecule has 2 nitrogen and oxygen atoms in total. The Balaban J connectivity index is 0.885. The van der Waals surface area contributed by atoms with Crippen LogP contribution in [0.4, 0.5) is 17.1 Å². The zero-order valence-corrected chi connectivity index (χ0v) is 38.0. The van der Waals surface area contributed by atoms with Crippen molar-refractivity contribution >= 4 is 38.9 Å². The van der Waals surface area contributed by atoms with Gasteiger partial charge in [-0.1, -0.05) is 212 Å². The topological polar surface area (TPSA) is 8.17 Å². The van der Waals surface area contributed by atoms with Gasteiger partial charge in [0, 0.05) is 33.5 Å². The lowest BCUT2D eigenvalue weighted by molar-refractivity contribution is 0.768. The van der Waals surface area contributed by atoms with Gasteiger partial charge in [0.25, 0.3) is 0 Å². The maximum atomic E-state index is 2.47. The molecule has 0 unspecified atom stereocenters. The van der Waals surface area contributed by atoms with Crippen molar-refractivity contribution in [2.75, 3.05) is 4.90 Å². The van der Waals surface area contributed by atoms with Gasteiger partial charge in [0.15, 0.2) is 0 Å². The second-order valence-electron chi connectivity index (χ2n) is 18.1. The molecule has 324 valence electrons. The smallest absolute Gasteiger partial charge is 0.0713 e. The summed E-state index contributed by atoms with van der Waals surface area (Å²) in [4.78, 5) is 2.33. The van der Waals surface area contributed by atoms with Crippen LogP contribution < -0.4 is 4.90 Å². The molecular weight excluding hydrogens is 833 g/mol. The Kier molecular flexibility index (Phi) is 9.77. The highest BCUT2D eigenvalue weighted by atomic mass is 15.1. The van der Waals surface area contributed by atoms with E-state index in [0.717, 1.165) is 22.7 Å². The van der Waals surface area contributed by atoms with Gasteiger partial charge in [0.2, 0.25) is 0 Å². The quantitative estimate of drug-likeness (QED) is 0.140. The first-order valence-electron chi connectivity index (χ1n) is 23.8. The number of benzene rings is 11. The molecule has 0 N–H and O–H groups in total. The molecule has 0 aliphatic heterocycles. The lowest BCUT2D eigenvalue weighted by Crippen LogP contribution is -2.28. The average Bonchev–Trinajstić information content (AvgIpc) is 3.92. The van der Waals surface area contributed by atoms with E-state index in [9.17, 15) is 0 Å². The fraction of sp³-hybridized carbons (Fsp3) is 0.0149. The highest BCUT2D eigenvalue weighted by molar-refractivity contribution is 6.10. The molecule has 0 amide bonds. The van der Waals surface area contributed by atoms with Crippen LogP contribution in [0.15, 0.2) is 279 Å². The van der Waals surface area contributed by atoms with Crippen LogP contribution in [0.1, 0.15) is 22.3 Å². The fourth-order valence-electron chi connectivity index (χ4n) is 11.1. The molecule has 2 heteroatoms. The highest BCUT2D eigenvalue weighted by Crippen LogP contribution is 2.56. The van der Waals surface area contributed by atoms with Gasteiger partial charge in [-0.2, -0.15) is 0 Å². The van der Waals surface area contributed by atoms with Gasteiger partial charge in [-0.3, -0.25) is 0 Å². The maximum absolute atomic E-state index is 2.47. The monoisotopic (exact) mass is 878 g/mol. The second kappa shape index (κ2) is 16.7. The summed E-state index contributed by atoms with van der Waals surface area (Å²) in [6.07, 6.45) is 0. The van der Waals surface area contributed by atoms with E-state index in [1.54, 1.807) is 0 Å². The molecule has 0 radical (unpaired) electrons. The molecule has 12 aromatic rings. The van der Waals surface area contributed by atoms with Crippen molar-refractivity contribution in [3.63, 3.8) is 0 Å². The summed E-state index contributed by atoms with van der Waals surface area (Å²) in [6.45, 7) is 0. The summed E-state index contributed by atoms with van der Waals surface area (Å²) >= 11 is 0. The first-order valence-corrected chi connectivity index (χ1v) is 23.8. The average molecular weight is 879 g/mol. The van der Waals surface area contributed by atoms with Crippen molar-refractivity contribution in [3.05, 3.63) is 301 Å². The van der Waals surface area contributed by atoms with Crippen LogP contribution in [0.25, 0.3) is 72.0 Å². The summed E-state index contributed by atoms with van der Waals surface area (Å²) in [5.74, 6) is 0.